The molecule has 1 aliphatic rings. The van der Waals surface area contributed by atoms with Crippen LogP contribution in [-0.2, 0) is 20.8 Å². The average Bonchev–Trinajstić information content (AvgIpc) is 3.32. The van der Waals surface area contributed by atoms with Crippen LogP contribution < -0.4 is 0 Å². The van der Waals surface area contributed by atoms with E-state index in [1.165, 1.54) is 7.11 Å². The Morgan fingerprint density at radius 3 is 2.34 bits per heavy atom. The second kappa shape index (κ2) is 10.6. The van der Waals surface area contributed by atoms with E-state index in [0.717, 1.165) is 31.4 Å². The minimum Gasteiger partial charge on any atom is -0.464 e. The molecule has 29 heavy (non-hydrogen) atoms. The van der Waals surface area contributed by atoms with Gasteiger partial charge in [-0.3, -0.25) is 9.59 Å². The maximum Gasteiger partial charge on any atom is 0.354 e. The normalized spacial score (nSPS) is 14.2. The van der Waals surface area contributed by atoms with Crippen molar-refractivity contribution in [3.05, 3.63) is 22.5 Å². The smallest absolute Gasteiger partial charge is 0.354 e. The van der Waals surface area contributed by atoms with Gasteiger partial charge in [0.1, 0.15) is 5.69 Å². The fraction of sp³-hybridized carbons (Fsp3) is 0.682. The maximum absolute atomic E-state index is 13.3. The zero-order valence-electron chi connectivity index (χ0n) is 18.4. The first-order valence-corrected chi connectivity index (χ1v) is 10.5. The highest BCUT2D eigenvalue weighted by Crippen LogP contribution is 2.28. The molecule has 0 N–H and O–H groups in total. The van der Waals surface area contributed by atoms with E-state index in [-0.39, 0.29) is 24.2 Å². The van der Waals surface area contributed by atoms with Gasteiger partial charge in [-0.1, -0.05) is 12.8 Å². The number of carbonyl (C=O) groups excluding carboxylic acids is 3. The molecule has 0 saturated heterocycles. The largest absolute Gasteiger partial charge is 0.464 e. The Kier molecular flexibility index (Phi) is 8.44. The molecule has 0 aromatic carbocycles. The average molecular weight is 407 g/mol. The fourth-order valence-corrected chi connectivity index (χ4v) is 4.41. The molecule has 1 aromatic heterocycles. The Bertz CT molecular complexity index is 747. The number of Topliss-reactive ketones (excluding diaryl/α,β-unsaturated/α-hetero) is 1. The number of esters is 1. The molecular weight excluding hydrogens is 372 g/mol. The van der Waals surface area contributed by atoms with Crippen LogP contribution >= 0.6 is 0 Å². The number of carbonyl (C=O) groups is 3. The third-order valence-corrected chi connectivity index (χ3v) is 5.87. The van der Waals surface area contributed by atoms with Gasteiger partial charge in [-0.05, 0) is 45.6 Å². The summed E-state index contributed by atoms with van der Waals surface area (Å²) in [5.41, 5.74) is 2.28. The van der Waals surface area contributed by atoms with Crippen molar-refractivity contribution in [2.75, 3.05) is 33.9 Å². The van der Waals surface area contributed by atoms with Crippen LogP contribution in [0.1, 0.15) is 71.1 Å². The third-order valence-electron chi connectivity index (χ3n) is 5.87. The molecule has 1 aromatic rings. The van der Waals surface area contributed by atoms with E-state index in [1.807, 2.05) is 18.4 Å². The van der Waals surface area contributed by atoms with Crippen molar-refractivity contribution in [1.29, 1.82) is 0 Å². The van der Waals surface area contributed by atoms with Gasteiger partial charge in [-0.2, -0.15) is 0 Å². The number of nitrogens with zero attached hydrogens (tertiary/aromatic N) is 2. The summed E-state index contributed by atoms with van der Waals surface area (Å²) in [6, 6.07) is 0. The highest BCUT2D eigenvalue weighted by molar-refractivity contribution is 6.04. The predicted molar refractivity (Wildman–Crippen MR) is 110 cm³/mol. The molecule has 0 atom stereocenters. The number of ketones is 1. The summed E-state index contributed by atoms with van der Waals surface area (Å²) in [5, 5.41) is 0. The minimum absolute atomic E-state index is 0.0124. The molecule has 7 heteroatoms. The van der Waals surface area contributed by atoms with Gasteiger partial charge in [0, 0.05) is 44.0 Å². The van der Waals surface area contributed by atoms with E-state index in [2.05, 4.69) is 0 Å². The summed E-state index contributed by atoms with van der Waals surface area (Å²) >= 11 is 0. The molecular formula is C22H34N2O5. The molecule has 1 amide bonds. The summed E-state index contributed by atoms with van der Waals surface area (Å²) in [7, 11) is 2.96. The van der Waals surface area contributed by atoms with Gasteiger partial charge in [0.15, 0.2) is 5.78 Å². The Morgan fingerprint density at radius 1 is 1.14 bits per heavy atom. The summed E-state index contributed by atoms with van der Waals surface area (Å²) in [6.07, 6.45) is 4.60. The molecule has 0 spiro atoms. The van der Waals surface area contributed by atoms with Gasteiger partial charge in [-0.25, -0.2) is 4.79 Å². The van der Waals surface area contributed by atoms with Crippen molar-refractivity contribution < 1.29 is 23.9 Å². The number of methoxy groups -OCH3 is 2. The number of aromatic nitrogens is 1. The van der Waals surface area contributed by atoms with E-state index in [1.54, 1.807) is 18.9 Å². The van der Waals surface area contributed by atoms with Crippen LogP contribution in [0.2, 0.25) is 0 Å². The second-order valence-electron chi connectivity index (χ2n) is 7.68. The minimum atomic E-state index is -0.453. The summed E-state index contributed by atoms with van der Waals surface area (Å²) in [4.78, 5) is 40.2. The molecule has 162 valence electrons. The van der Waals surface area contributed by atoms with E-state index in [4.69, 9.17) is 9.47 Å². The van der Waals surface area contributed by atoms with Gasteiger partial charge in [0.05, 0.1) is 13.7 Å². The molecule has 1 saturated carbocycles. The van der Waals surface area contributed by atoms with Crippen LogP contribution in [0, 0.1) is 19.8 Å². The van der Waals surface area contributed by atoms with Crippen molar-refractivity contribution in [2.24, 2.45) is 5.92 Å². The number of rotatable bonds is 10. The highest BCUT2D eigenvalue weighted by Gasteiger charge is 2.31. The number of hydrogen-bond donors (Lipinski definition) is 0. The van der Waals surface area contributed by atoms with Gasteiger partial charge in [0.2, 0.25) is 5.91 Å². The molecule has 0 bridgehead atoms. The van der Waals surface area contributed by atoms with Crippen molar-refractivity contribution in [1.82, 2.24) is 9.47 Å². The van der Waals surface area contributed by atoms with Crippen LogP contribution in [-0.4, -0.2) is 61.0 Å². The molecule has 0 unspecified atom stereocenters. The quantitative estimate of drug-likeness (QED) is 0.339. The van der Waals surface area contributed by atoms with Gasteiger partial charge < -0.3 is 18.9 Å². The Morgan fingerprint density at radius 2 is 1.79 bits per heavy atom. The van der Waals surface area contributed by atoms with Crippen LogP contribution in [0.4, 0.5) is 0 Å². The fourth-order valence-electron chi connectivity index (χ4n) is 4.41. The Hall–Kier alpha value is -2.15. The summed E-state index contributed by atoms with van der Waals surface area (Å²) in [5.74, 6) is -0.518. The monoisotopic (exact) mass is 406 g/mol. The second-order valence-corrected chi connectivity index (χ2v) is 7.68. The summed E-state index contributed by atoms with van der Waals surface area (Å²) in [6.45, 7) is 7.15. The molecule has 7 nitrogen and oxygen atoms in total. The van der Waals surface area contributed by atoms with Crippen LogP contribution in [0.3, 0.4) is 0 Å². The van der Waals surface area contributed by atoms with Crippen molar-refractivity contribution in [2.45, 2.75) is 59.4 Å². The van der Waals surface area contributed by atoms with E-state index < -0.39 is 5.97 Å². The lowest BCUT2D eigenvalue weighted by Crippen LogP contribution is -2.40. The standard InChI is InChI=1S/C22H34N2O5/c1-6-24-16(3)19(15(2)20(24)22(27)29-5)18(25)14-23(12-9-13-28-4)21(26)17-10-7-8-11-17/h17H,6-14H2,1-5H3. The number of amides is 1. The lowest BCUT2D eigenvalue weighted by atomic mass is 10.0. The predicted octanol–water partition coefficient (Wildman–Crippen LogP) is 3.15. The van der Waals surface area contributed by atoms with Crippen LogP contribution in [0.25, 0.3) is 0 Å². The first-order valence-electron chi connectivity index (χ1n) is 10.5. The highest BCUT2D eigenvalue weighted by atomic mass is 16.5. The topological polar surface area (TPSA) is 77.8 Å². The van der Waals surface area contributed by atoms with E-state index in [9.17, 15) is 14.4 Å². The zero-order chi connectivity index (χ0) is 21.6. The number of hydrogen-bond acceptors (Lipinski definition) is 5. The first kappa shape index (κ1) is 23.1. The van der Waals surface area contributed by atoms with Gasteiger partial charge >= 0.3 is 5.97 Å². The Labute approximate surface area is 173 Å². The first-order chi connectivity index (χ1) is 13.9. The lowest BCUT2D eigenvalue weighted by molar-refractivity contribution is -0.135. The molecule has 0 aliphatic heterocycles. The maximum atomic E-state index is 13.3. The Balaban J connectivity index is 2.29. The van der Waals surface area contributed by atoms with Gasteiger partial charge in [-0.15, -0.1) is 0 Å². The molecule has 2 rings (SSSR count). The molecule has 1 aliphatic carbocycles. The lowest BCUT2D eigenvalue weighted by Gasteiger charge is -2.25. The van der Waals surface area contributed by atoms with Crippen LogP contribution in [0.5, 0.6) is 0 Å². The van der Waals surface area contributed by atoms with E-state index >= 15 is 0 Å². The SMILES string of the molecule is CCn1c(C)c(C(=O)CN(CCCOC)C(=O)C2CCCC2)c(C)c1C(=O)OC. The molecule has 1 heterocycles. The number of ether oxygens (including phenoxy) is 2. The molecule has 1 fully saturated rings. The third kappa shape index (κ3) is 5.07. The zero-order valence-corrected chi connectivity index (χ0v) is 18.4. The molecule has 0 radical (unpaired) electrons. The van der Waals surface area contributed by atoms with Crippen molar-refractivity contribution >= 4 is 17.7 Å². The van der Waals surface area contributed by atoms with Crippen LogP contribution in [0.15, 0.2) is 0 Å². The van der Waals surface area contributed by atoms with Gasteiger partial charge in [0.25, 0.3) is 0 Å². The van der Waals surface area contributed by atoms with Crippen molar-refractivity contribution in [3.8, 4) is 0 Å². The summed E-state index contributed by atoms with van der Waals surface area (Å²) < 4.78 is 11.8. The van der Waals surface area contributed by atoms with E-state index in [0.29, 0.717) is 42.9 Å². The van der Waals surface area contributed by atoms with Crippen molar-refractivity contribution in [3.63, 3.8) is 0 Å².